The molecule has 1 aliphatic rings. The van der Waals surface area contributed by atoms with E-state index in [9.17, 15) is 4.79 Å². The Balaban J connectivity index is 2.35. The van der Waals surface area contributed by atoms with Crippen molar-refractivity contribution in [2.45, 2.75) is 12.8 Å². The summed E-state index contributed by atoms with van der Waals surface area (Å²) in [6.07, 6.45) is 2.12. The first-order valence-corrected chi connectivity index (χ1v) is 4.90. The third-order valence-corrected chi connectivity index (χ3v) is 2.57. The number of hydrogen-bond acceptors (Lipinski definition) is 1. The number of hydrogen-bond donors (Lipinski definition) is 1. The molecule has 0 radical (unpaired) electrons. The number of anilines is 1. The molecule has 0 spiro atoms. The van der Waals surface area contributed by atoms with E-state index in [1.807, 2.05) is 18.2 Å². The van der Waals surface area contributed by atoms with Crippen LogP contribution in [-0.2, 0) is 6.42 Å². The Kier molecular flexibility index (Phi) is 2.39. The lowest BCUT2D eigenvalue weighted by atomic mass is 10.0. The predicted octanol–water partition coefficient (Wildman–Crippen LogP) is 1.78. The molecule has 1 aromatic rings. The van der Waals surface area contributed by atoms with E-state index in [0.29, 0.717) is 0 Å². The van der Waals surface area contributed by atoms with Gasteiger partial charge in [0, 0.05) is 19.3 Å². The molecule has 1 N–H and O–H groups in total. The number of fused-ring (bicyclic) bond motifs is 1. The lowest BCUT2D eigenvalue weighted by molar-refractivity contribution is 0.247. The van der Waals surface area contributed by atoms with E-state index in [4.69, 9.17) is 0 Å². The molecule has 0 saturated heterocycles. The van der Waals surface area contributed by atoms with Crippen molar-refractivity contribution in [1.29, 1.82) is 0 Å². The van der Waals surface area contributed by atoms with Crippen LogP contribution in [0, 0.1) is 0 Å². The molecule has 3 nitrogen and oxygen atoms in total. The summed E-state index contributed by atoms with van der Waals surface area (Å²) >= 11 is 0. The molecule has 0 atom stereocenters. The van der Waals surface area contributed by atoms with Gasteiger partial charge in [-0.05, 0) is 24.5 Å². The molecule has 0 fully saturated rings. The molecule has 0 aliphatic carbocycles. The molecule has 0 bridgehead atoms. The quantitative estimate of drug-likeness (QED) is 0.664. The summed E-state index contributed by atoms with van der Waals surface area (Å²) in [5.41, 5.74) is 2.32. The van der Waals surface area contributed by atoms with Crippen molar-refractivity contribution >= 4 is 11.7 Å². The Morgan fingerprint density at radius 3 is 3.00 bits per heavy atom. The highest BCUT2D eigenvalue weighted by Gasteiger charge is 2.20. The van der Waals surface area contributed by atoms with Gasteiger partial charge < -0.3 is 5.32 Å². The van der Waals surface area contributed by atoms with Gasteiger partial charge in [0.05, 0.1) is 0 Å². The number of carbonyl (C=O) groups excluding carboxylic acids is 1. The minimum Gasteiger partial charge on any atom is -0.341 e. The molecule has 1 heterocycles. The van der Waals surface area contributed by atoms with E-state index < -0.39 is 0 Å². The minimum absolute atomic E-state index is 0.0165. The number of carbonyl (C=O) groups is 1. The highest BCUT2D eigenvalue weighted by atomic mass is 16.2. The van der Waals surface area contributed by atoms with E-state index in [-0.39, 0.29) is 6.03 Å². The Hall–Kier alpha value is -1.51. The van der Waals surface area contributed by atoms with Crippen molar-refractivity contribution in [2.75, 3.05) is 18.5 Å². The van der Waals surface area contributed by atoms with E-state index in [2.05, 4.69) is 11.4 Å². The summed E-state index contributed by atoms with van der Waals surface area (Å²) in [6.45, 7) is 0.816. The van der Waals surface area contributed by atoms with Gasteiger partial charge in [-0.15, -0.1) is 0 Å². The van der Waals surface area contributed by atoms with E-state index in [1.165, 1.54) is 5.56 Å². The van der Waals surface area contributed by atoms with E-state index in [1.54, 1.807) is 11.9 Å². The first-order chi connectivity index (χ1) is 6.83. The first kappa shape index (κ1) is 9.06. The van der Waals surface area contributed by atoms with Crippen LogP contribution in [0.25, 0.3) is 0 Å². The van der Waals surface area contributed by atoms with Gasteiger partial charge in [0.25, 0.3) is 0 Å². The largest absolute Gasteiger partial charge is 0.341 e. The molecule has 1 aliphatic heterocycles. The zero-order valence-corrected chi connectivity index (χ0v) is 8.29. The second-order valence-electron chi connectivity index (χ2n) is 3.44. The van der Waals surface area contributed by atoms with Crippen LogP contribution in [0.15, 0.2) is 24.3 Å². The van der Waals surface area contributed by atoms with Crippen molar-refractivity contribution in [3.63, 3.8) is 0 Å². The Morgan fingerprint density at radius 1 is 1.43 bits per heavy atom. The Bertz CT molecular complexity index is 349. The van der Waals surface area contributed by atoms with Crippen molar-refractivity contribution in [3.8, 4) is 0 Å². The van der Waals surface area contributed by atoms with Crippen LogP contribution in [0.2, 0.25) is 0 Å². The van der Waals surface area contributed by atoms with Crippen LogP contribution in [0.5, 0.6) is 0 Å². The third-order valence-electron chi connectivity index (χ3n) is 2.57. The zero-order valence-electron chi connectivity index (χ0n) is 8.29. The molecule has 2 rings (SSSR count). The molecule has 1 aromatic carbocycles. The van der Waals surface area contributed by atoms with Crippen LogP contribution >= 0.6 is 0 Å². The lowest BCUT2D eigenvalue weighted by Gasteiger charge is -2.28. The van der Waals surface area contributed by atoms with Crippen LogP contribution < -0.4 is 10.2 Å². The van der Waals surface area contributed by atoms with Crippen molar-refractivity contribution in [2.24, 2.45) is 0 Å². The van der Waals surface area contributed by atoms with Gasteiger partial charge in [-0.25, -0.2) is 4.79 Å². The zero-order chi connectivity index (χ0) is 9.97. The van der Waals surface area contributed by atoms with Gasteiger partial charge in [0.15, 0.2) is 0 Å². The number of urea groups is 1. The van der Waals surface area contributed by atoms with E-state index >= 15 is 0 Å². The second kappa shape index (κ2) is 3.70. The maximum Gasteiger partial charge on any atom is 0.321 e. The number of amides is 2. The summed E-state index contributed by atoms with van der Waals surface area (Å²) in [7, 11) is 1.67. The van der Waals surface area contributed by atoms with Gasteiger partial charge >= 0.3 is 6.03 Å². The van der Waals surface area contributed by atoms with Gasteiger partial charge in [-0.1, -0.05) is 18.2 Å². The summed E-state index contributed by atoms with van der Waals surface area (Å²) in [5, 5.41) is 2.66. The monoisotopic (exact) mass is 190 g/mol. The minimum atomic E-state index is -0.0165. The molecular weight excluding hydrogens is 176 g/mol. The molecule has 3 heteroatoms. The summed E-state index contributed by atoms with van der Waals surface area (Å²) in [6, 6.07) is 8.07. The molecule has 0 unspecified atom stereocenters. The molecule has 74 valence electrons. The number of rotatable bonds is 0. The molecule has 0 aromatic heterocycles. The fourth-order valence-electron chi connectivity index (χ4n) is 1.88. The van der Waals surface area contributed by atoms with Crippen molar-refractivity contribution < 1.29 is 4.79 Å². The molecule has 2 amide bonds. The molecule has 0 saturated carbocycles. The summed E-state index contributed by atoms with van der Waals surface area (Å²) in [5.74, 6) is 0. The van der Waals surface area contributed by atoms with Crippen LogP contribution in [-0.4, -0.2) is 19.6 Å². The molecular formula is C11H14N2O. The average molecular weight is 190 g/mol. The standard InChI is InChI=1S/C11H14N2O/c1-12-11(14)13-8-4-6-9-5-2-3-7-10(9)13/h2-3,5,7H,4,6,8H2,1H3,(H,12,14). The SMILES string of the molecule is CNC(=O)N1CCCc2ccccc21. The van der Waals surface area contributed by atoms with Crippen LogP contribution in [0.4, 0.5) is 10.5 Å². The third kappa shape index (κ3) is 1.45. The van der Waals surface area contributed by atoms with Crippen molar-refractivity contribution in [1.82, 2.24) is 5.32 Å². The highest BCUT2D eigenvalue weighted by Crippen LogP contribution is 2.26. The number of nitrogens with zero attached hydrogens (tertiary/aromatic N) is 1. The Labute approximate surface area is 83.7 Å². The fraction of sp³-hybridized carbons (Fsp3) is 0.364. The first-order valence-electron chi connectivity index (χ1n) is 4.90. The number of aryl methyl sites for hydroxylation is 1. The van der Waals surface area contributed by atoms with Crippen molar-refractivity contribution in [3.05, 3.63) is 29.8 Å². The lowest BCUT2D eigenvalue weighted by Crippen LogP contribution is -2.41. The van der Waals surface area contributed by atoms with Gasteiger partial charge in [-0.2, -0.15) is 0 Å². The summed E-state index contributed by atoms with van der Waals surface area (Å²) in [4.78, 5) is 13.3. The predicted molar refractivity (Wildman–Crippen MR) is 56.6 cm³/mol. The normalized spacial score (nSPS) is 14.8. The number of benzene rings is 1. The van der Waals surface area contributed by atoms with Gasteiger partial charge in [0.2, 0.25) is 0 Å². The maximum absolute atomic E-state index is 11.5. The molecule has 14 heavy (non-hydrogen) atoms. The number of nitrogens with one attached hydrogen (secondary N) is 1. The highest BCUT2D eigenvalue weighted by molar-refractivity contribution is 5.93. The smallest absolute Gasteiger partial charge is 0.321 e. The fourth-order valence-corrected chi connectivity index (χ4v) is 1.88. The topological polar surface area (TPSA) is 32.3 Å². The average Bonchev–Trinajstić information content (AvgIpc) is 2.27. The summed E-state index contributed by atoms with van der Waals surface area (Å²) < 4.78 is 0. The number of para-hydroxylation sites is 1. The maximum atomic E-state index is 11.5. The van der Waals surface area contributed by atoms with Crippen LogP contribution in [0.3, 0.4) is 0 Å². The van der Waals surface area contributed by atoms with Crippen LogP contribution in [0.1, 0.15) is 12.0 Å². The second-order valence-corrected chi connectivity index (χ2v) is 3.44. The Morgan fingerprint density at radius 2 is 2.21 bits per heavy atom. The van der Waals surface area contributed by atoms with E-state index in [0.717, 1.165) is 25.1 Å². The van der Waals surface area contributed by atoms with Gasteiger partial charge in [-0.3, -0.25) is 4.90 Å². The van der Waals surface area contributed by atoms with Gasteiger partial charge in [0.1, 0.15) is 0 Å².